The summed E-state index contributed by atoms with van der Waals surface area (Å²) in [5, 5.41) is 0.668. The van der Waals surface area contributed by atoms with Gasteiger partial charge in [0.2, 0.25) is 5.91 Å². The van der Waals surface area contributed by atoms with E-state index < -0.39 is 0 Å². The Hall–Kier alpha value is -1.80. The monoisotopic (exact) mass is 257 g/mol. The summed E-state index contributed by atoms with van der Waals surface area (Å²) in [6.45, 7) is 0.604. The van der Waals surface area contributed by atoms with Gasteiger partial charge in [-0.2, -0.15) is 0 Å². The Morgan fingerprint density at radius 3 is 2.67 bits per heavy atom. The van der Waals surface area contributed by atoms with Crippen molar-refractivity contribution >= 4 is 23.2 Å². The molecule has 18 heavy (non-hydrogen) atoms. The molecule has 0 radical (unpaired) electrons. The molecule has 0 aromatic heterocycles. The SMILES string of the molecule is O=C1Cc2ccc(Cl)cc2N1Cc1ccccc1. The average molecular weight is 258 g/mol. The molecule has 0 atom stereocenters. The van der Waals surface area contributed by atoms with E-state index in [2.05, 4.69) is 0 Å². The second-order valence-electron chi connectivity index (χ2n) is 4.42. The number of benzene rings is 2. The number of carbonyl (C=O) groups is 1. The van der Waals surface area contributed by atoms with Gasteiger partial charge in [-0.3, -0.25) is 4.79 Å². The van der Waals surface area contributed by atoms with Crippen molar-refractivity contribution in [2.45, 2.75) is 13.0 Å². The molecule has 1 amide bonds. The van der Waals surface area contributed by atoms with E-state index in [0.29, 0.717) is 18.0 Å². The molecule has 1 aliphatic heterocycles. The molecule has 0 bridgehead atoms. The summed E-state index contributed by atoms with van der Waals surface area (Å²) in [7, 11) is 0. The molecule has 0 aliphatic carbocycles. The standard InChI is InChI=1S/C15H12ClNO/c16-13-7-6-12-8-15(18)17(14(12)9-13)10-11-4-2-1-3-5-11/h1-7,9H,8,10H2. The van der Waals surface area contributed by atoms with Crippen LogP contribution in [0.25, 0.3) is 0 Å². The maximum atomic E-state index is 12.0. The van der Waals surface area contributed by atoms with E-state index in [1.807, 2.05) is 48.5 Å². The molecule has 0 N–H and O–H groups in total. The Kier molecular flexibility index (Phi) is 2.80. The molecule has 90 valence electrons. The van der Waals surface area contributed by atoms with Crippen molar-refractivity contribution < 1.29 is 4.79 Å². The molecule has 0 saturated carbocycles. The summed E-state index contributed by atoms with van der Waals surface area (Å²) in [4.78, 5) is 13.8. The summed E-state index contributed by atoms with van der Waals surface area (Å²) in [6, 6.07) is 15.6. The van der Waals surface area contributed by atoms with Gasteiger partial charge in [0.1, 0.15) is 0 Å². The number of amides is 1. The van der Waals surface area contributed by atoms with Crippen LogP contribution in [0.15, 0.2) is 48.5 Å². The number of fused-ring (bicyclic) bond motifs is 1. The second-order valence-corrected chi connectivity index (χ2v) is 4.85. The third-order valence-electron chi connectivity index (χ3n) is 3.16. The van der Waals surface area contributed by atoms with Crippen molar-refractivity contribution in [2.75, 3.05) is 4.90 Å². The lowest BCUT2D eigenvalue weighted by Crippen LogP contribution is -2.25. The van der Waals surface area contributed by atoms with Crippen LogP contribution in [0.4, 0.5) is 5.69 Å². The van der Waals surface area contributed by atoms with Crippen molar-refractivity contribution in [3.05, 3.63) is 64.7 Å². The fourth-order valence-electron chi connectivity index (χ4n) is 2.27. The molecule has 1 aliphatic rings. The first kappa shape index (κ1) is 11.3. The molecule has 2 aromatic carbocycles. The third-order valence-corrected chi connectivity index (χ3v) is 3.40. The van der Waals surface area contributed by atoms with Crippen molar-refractivity contribution in [2.24, 2.45) is 0 Å². The van der Waals surface area contributed by atoms with Crippen LogP contribution in [0.5, 0.6) is 0 Å². The predicted octanol–water partition coefficient (Wildman–Crippen LogP) is 3.43. The summed E-state index contributed by atoms with van der Waals surface area (Å²) < 4.78 is 0. The van der Waals surface area contributed by atoms with Crippen LogP contribution in [-0.2, 0) is 17.8 Å². The zero-order valence-corrected chi connectivity index (χ0v) is 10.5. The van der Waals surface area contributed by atoms with Crippen LogP contribution >= 0.6 is 11.6 Å². The average Bonchev–Trinajstić information content (AvgIpc) is 2.67. The molecule has 0 fully saturated rings. The number of nitrogens with zero attached hydrogens (tertiary/aromatic N) is 1. The van der Waals surface area contributed by atoms with Gasteiger partial charge in [0, 0.05) is 10.7 Å². The van der Waals surface area contributed by atoms with E-state index in [4.69, 9.17) is 11.6 Å². The Morgan fingerprint density at radius 2 is 1.89 bits per heavy atom. The topological polar surface area (TPSA) is 20.3 Å². The largest absolute Gasteiger partial charge is 0.307 e. The van der Waals surface area contributed by atoms with Gasteiger partial charge in [-0.15, -0.1) is 0 Å². The minimum absolute atomic E-state index is 0.135. The van der Waals surface area contributed by atoms with E-state index in [-0.39, 0.29) is 5.91 Å². The quantitative estimate of drug-likeness (QED) is 0.807. The van der Waals surface area contributed by atoms with Gasteiger partial charge in [0.25, 0.3) is 0 Å². The lowest BCUT2D eigenvalue weighted by atomic mass is 10.1. The van der Waals surface area contributed by atoms with E-state index in [0.717, 1.165) is 16.8 Å². The van der Waals surface area contributed by atoms with Crippen LogP contribution in [0.1, 0.15) is 11.1 Å². The maximum Gasteiger partial charge on any atom is 0.231 e. The van der Waals surface area contributed by atoms with E-state index in [1.54, 1.807) is 4.90 Å². The molecule has 3 heteroatoms. The first-order chi connectivity index (χ1) is 8.74. The number of anilines is 1. The highest BCUT2D eigenvalue weighted by Crippen LogP contribution is 2.32. The first-order valence-corrected chi connectivity index (χ1v) is 6.24. The lowest BCUT2D eigenvalue weighted by Gasteiger charge is -2.17. The minimum Gasteiger partial charge on any atom is -0.307 e. The maximum absolute atomic E-state index is 12.0. The van der Waals surface area contributed by atoms with Gasteiger partial charge < -0.3 is 4.90 Å². The summed E-state index contributed by atoms with van der Waals surface area (Å²) >= 11 is 6.00. The number of hydrogen-bond acceptors (Lipinski definition) is 1. The number of rotatable bonds is 2. The van der Waals surface area contributed by atoms with Gasteiger partial charge in [-0.05, 0) is 23.3 Å². The van der Waals surface area contributed by atoms with Crippen LogP contribution in [-0.4, -0.2) is 5.91 Å². The highest BCUT2D eigenvalue weighted by atomic mass is 35.5. The van der Waals surface area contributed by atoms with E-state index >= 15 is 0 Å². The van der Waals surface area contributed by atoms with Gasteiger partial charge in [-0.25, -0.2) is 0 Å². The van der Waals surface area contributed by atoms with Crippen molar-refractivity contribution in [1.82, 2.24) is 0 Å². The summed E-state index contributed by atoms with van der Waals surface area (Å²) in [5.74, 6) is 0.135. The molecule has 1 heterocycles. The zero-order valence-electron chi connectivity index (χ0n) is 9.77. The fraction of sp³-hybridized carbons (Fsp3) is 0.133. The third kappa shape index (κ3) is 2.00. The first-order valence-electron chi connectivity index (χ1n) is 5.87. The van der Waals surface area contributed by atoms with Crippen molar-refractivity contribution in [1.29, 1.82) is 0 Å². The molecule has 3 rings (SSSR count). The molecule has 2 nitrogen and oxygen atoms in total. The second kappa shape index (κ2) is 4.46. The summed E-state index contributed by atoms with van der Waals surface area (Å²) in [6.07, 6.45) is 0.472. The van der Waals surface area contributed by atoms with Crippen molar-refractivity contribution in [3.63, 3.8) is 0 Å². The molecular weight excluding hydrogens is 246 g/mol. The number of halogens is 1. The number of hydrogen-bond donors (Lipinski definition) is 0. The molecule has 0 unspecified atom stereocenters. The van der Waals surface area contributed by atoms with Crippen LogP contribution in [0.2, 0.25) is 5.02 Å². The normalized spacial score (nSPS) is 13.8. The van der Waals surface area contributed by atoms with Crippen LogP contribution < -0.4 is 4.90 Å². The highest BCUT2D eigenvalue weighted by Gasteiger charge is 2.27. The Balaban J connectivity index is 1.94. The smallest absolute Gasteiger partial charge is 0.231 e. The van der Waals surface area contributed by atoms with Crippen molar-refractivity contribution in [3.8, 4) is 0 Å². The lowest BCUT2D eigenvalue weighted by molar-refractivity contribution is -0.117. The zero-order chi connectivity index (χ0) is 12.5. The molecule has 0 spiro atoms. The number of carbonyl (C=O) groups excluding carboxylic acids is 1. The minimum atomic E-state index is 0.135. The Labute approximate surface area is 111 Å². The molecular formula is C15H12ClNO. The van der Waals surface area contributed by atoms with Gasteiger partial charge in [-0.1, -0.05) is 48.0 Å². The molecule has 0 saturated heterocycles. The van der Waals surface area contributed by atoms with Gasteiger partial charge >= 0.3 is 0 Å². The van der Waals surface area contributed by atoms with E-state index in [9.17, 15) is 4.79 Å². The van der Waals surface area contributed by atoms with Gasteiger partial charge in [0.15, 0.2) is 0 Å². The fourth-order valence-corrected chi connectivity index (χ4v) is 2.44. The predicted molar refractivity (Wildman–Crippen MR) is 72.8 cm³/mol. The van der Waals surface area contributed by atoms with E-state index in [1.165, 1.54) is 0 Å². The Morgan fingerprint density at radius 1 is 1.11 bits per heavy atom. The Bertz CT molecular complexity index is 595. The van der Waals surface area contributed by atoms with Crippen LogP contribution in [0, 0.1) is 0 Å². The van der Waals surface area contributed by atoms with Gasteiger partial charge in [0.05, 0.1) is 13.0 Å². The molecule has 2 aromatic rings. The summed E-state index contributed by atoms with van der Waals surface area (Å²) in [5.41, 5.74) is 3.12. The highest BCUT2D eigenvalue weighted by molar-refractivity contribution is 6.31. The van der Waals surface area contributed by atoms with Crippen LogP contribution in [0.3, 0.4) is 0 Å².